The van der Waals surface area contributed by atoms with Gasteiger partial charge in [0.15, 0.2) is 0 Å². The first-order valence-electron chi connectivity index (χ1n) is 10.5. The fourth-order valence-electron chi connectivity index (χ4n) is 4.14. The molecule has 2 heterocycles. The maximum Gasteiger partial charge on any atom is 0.313 e. The molecule has 0 saturated carbocycles. The Morgan fingerprint density at radius 1 is 1.09 bits per heavy atom. The molecule has 1 saturated heterocycles. The number of methoxy groups -OCH3 is 2. The second-order valence-corrected chi connectivity index (χ2v) is 7.97. The van der Waals surface area contributed by atoms with Crippen molar-refractivity contribution >= 4 is 22.8 Å². The molecule has 1 aromatic heterocycles. The van der Waals surface area contributed by atoms with Gasteiger partial charge in [0.2, 0.25) is 0 Å². The highest BCUT2D eigenvalue weighted by atomic mass is 16.6. The van der Waals surface area contributed by atoms with E-state index in [2.05, 4.69) is 10.3 Å². The Kier molecular flexibility index (Phi) is 5.99. The van der Waals surface area contributed by atoms with Gasteiger partial charge < -0.3 is 19.5 Å². The van der Waals surface area contributed by atoms with E-state index in [1.54, 1.807) is 26.4 Å². The third-order valence-electron chi connectivity index (χ3n) is 5.79. The van der Waals surface area contributed by atoms with Gasteiger partial charge in [-0.15, -0.1) is 0 Å². The SMILES string of the molecule is COc1ccc(C(=O)NCC2CC(c3cc(C)nc4ccc(OC)cc34)C(=O)O2)c(C)c1. The lowest BCUT2D eigenvalue weighted by Crippen LogP contribution is -2.32. The molecule has 7 heteroatoms. The first-order valence-corrected chi connectivity index (χ1v) is 10.5. The molecule has 0 bridgehead atoms. The minimum atomic E-state index is -0.420. The standard InChI is InChI=1S/C25H26N2O5/c1-14-9-16(30-3)5-7-19(14)24(28)26-13-18-12-22(25(29)32-18)20-10-15(2)27-23-8-6-17(31-4)11-21(20)23/h5-11,18,22H,12-13H2,1-4H3,(H,26,28). The third kappa shape index (κ3) is 4.23. The predicted octanol–water partition coefficient (Wildman–Crippen LogP) is 3.70. The van der Waals surface area contributed by atoms with E-state index in [9.17, 15) is 9.59 Å². The first kappa shape index (κ1) is 21.6. The highest BCUT2D eigenvalue weighted by molar-refractivity contribution is 5.96. The number of hydrogen-bond donors (Lipinski definition) is 1. The minimum absolute atomic E-state index is 0.209. The molecule has 2 atom stereocenters. The van der Waals surface area contributed by atoms with Crippen molar-refractivity contribution in [3.8, 4) is 11.5 Å². The number of amides is 1. The van der Waals surface area contributed by atoms with Crippen molar-refractivity contribution in [3.63, 3.8) is 0 Å². The van der Waals surface area contributed by atoms with Crippen molar-refractivity contribution < 1.29 is 23.8 Å². The fraction of sp³-hybridized carbons (Fsp3) is 0.320. The Balaban J connectivity index is 1.50. The summed E-state index contributed by atoms with van der Waals surface area (Å²) in [7, 11) is 3.19. The number of fused-ring (bicyclic) bond motifs is 1. The summed E-state index contributed by atoms with van der Waals surface area (Å²) in [6, 6.07) is 12.9. The van der Waals surface area contributed by atoms with E-state index in [1.165, 1.54) is 0 Å². The summed E-state index contributed by atoms with van der Waals surface area (Å²) in [5, 5.41) is 3.76. The highest BCUT2D eigenvalue weighted by Crippen LogP contribution is 2.36. The van der Waals surface area contributed by atoms with Crippen LogP contribution >= 0.6 is 0 Å². The number of ether oxygens (including phenoxy) is 3. The Morgan fingerprint density at radius 2 is 1.81 bits per heavy atom. The molecule has 32 heavy (non-hydrogen) atoms. The van der Waals surface area contributed by atoms with Gasteiger partial charge in [0.1, 0.15) is 17.6 Å². The summed E-state index contributed by atoms with van der Waals surface area (Å²) >= 11 is 0. The monoisotopic (exact) mass is 434 g/mol. The molecule has 1 fully saturated rings. The molecule has 3 aromatic rings. The van der Waals surface area contributed by atoms with Crippen molar-refractivity contribution in [2.75, 3.05) is 20.8 Å². The third-order valence-corrected chi connectivity index (χ3v) is 5.79. The van der Waals surface area contributed by atoms with Crippen LogP contribution in [0.5, 0.6) is 11.5 Å². The van der Waals surface area contributed by atoms with E-state index in [-0.39, 0.29) is 18.4 Å². The van der Waals surface area contributed by atoms with Crippen molar-refractivity contribution in [1.29, 1.82) is 0 Å². The van der Waals surface area contributed by atoms with Crippen LogP contribution in [-0.4, -0.2) is 43.7 Å². The average Bonchev–Trinajstić information content (AvgIpc) is 3.16. The number of hydrogen-bond acceptors (Lipinski definition) is 6. The number of carbonyl (C=O) groups is 2. The van der Waals surface area contributed by atoms with Gasteiger partial charge in [-0.2, -0.15) is 0 Å². The maximum absolute atomic E-state index is 12.7. The minimum Gasteiger partial charge on any atom is -0.497 e. The van der Waals surface area contributed by atoms with Crippen molar-refractivity contribution in [3.05, 3.63) is 64.8 Å². The smallest absolute Gasteiger partial charge is 0.313 e. The molecule has 1 aliphatic rings. The van der Waals surface area contributed by atoms with Crippen LogP contribution in [0.25, 0.3) is 10.9 Å². The van der Waals surface area contributed by atoms with Crippen molar-refractivity contribution in [2.24, 2.45) is 0 Å². The molecule has 0 radical (unpaired) electrons. The van der Waals surface area contributed by atoms with E-state index in [0.717, 1.165) is 27.7 Å². The van der Waals surface area contributed by atoms with Crippen molar-refractivity contribution in [2.45, 2.75) is 32.3 Å². The lowest BCUT2D eigenvalue weighted by molar-refractivity contribution is -0.142. The van der Waals surface area contributed by atoms with Gasteiger partial charge in [0.05, 0.1) is 32.2 Å². The van der Waals surface area contributed by atoms with Crippen LogP contribution in [0, 0.1) is 13.8 Å². The Labute approximate surface area is 186 Å². The predicted molar refractivity (Wildman–Crippen MR) is 120 cm³/mol. The Bertz CT molecular complexity index is 1190. The molecule has 4 rings (SSSR count). The molecule has 2 aromatic carbocycles. The van der Waals surface area contributed by atoms with Crippen LogP contribution in [0.4, 0.5) is 0 Å². The van der Waals surface area contributed by atoms with E-state index in [4.69, 9.17) is 14.2 Å². The van der Waals surface area contributed by atoms with Crippen LogP contribution in [0.3, 0.4) is 0 Å². The quantitative estimate of drug-likeness (QED) is 0.596. The summed E-state index contributed by atoms with van der Waals surface area (Å²) < 4.78 is 16.1. The van der Waals surface area contributed by atoms with Gasteiger partial charge in [-0.25, -0.2) is 0 Å². The van der Waals surface area contributed by atoms with Crippen LogP contribution in [0.2, 0.25) is 0 Å². The lowest BCUT2D eigenvalue weighted by Gasteiger charge is -2.13. The number of esters is 1. The topological polar surface area (TPSA) is 86.8 Å². The number of aryl methyl sites for hydroxylation is 2. The second-order valence-electron chi connectivity index (χ2n) is 7.97. The number of aromatic nitrogens is 1. The molecule has 7 nitrogen and oxygen atoms in total. The number of nitrogens with one attached hydrogen (secondary N) is 1. The number of benzene rings is 2. The number of carbonyl (C=O) groups excluding carboxylic acids is 2. The van der Waals surface area contributed by atoms with Gasteiger partial charge in [0.25, 0.3) is 5.91 Å². The summed E-state index contributed by atoms with van der Waals surface area (Å²) in [6.07, 6.45) is 0.0837. The van der Waals surface area contributed by atoms with Gasteiger partial charge in [-0.3, -0.25) is 14.6 Å². The summed E-state index contributed by atoms with van der Waals surface area (Å²) in [5.41, 5.74) is 3.89. The fourth-order valence-corrected chi connectivity index (χ4v) is 4.14. The zero-order valence-corrected chi connectivity index (χ0v) is 18.6. The summed E-state index contributed by atoms with van der Waals surface area (Å²) in [4.78, 5) is 29.9. The second kappa shape index (κ2) is 8.86. The number of pyridine rings is 1. The van der Waals surface area contributed by atoms with E-state index >= 15 is 0 Å². The summed E-state index contributed by atoms with van der Waals surface area (Å²) in [6.45, 7) is 4.01. The van der Waals surface area contributed by atoms with Crippen LogP contribution in [0.1, 0.15) is 39.5 Å². The molecule has 166 valence electrons. The maximum atomic E-state index is 12.7. The molecule has 1 aliphatic heterocycles. The Hall–Kier alpha value is -3.61. The van der Waals surface area contributed by atoms with E-state index in [0.29, 0.717) is 23.5 Å². The van der Waals surface area contributed by atoms with Crippen molar-refractivity contribution in [1.82, 2.24) is 10.3 Å². The molecule has 1 amide bonds. The molecule has 1 N–H and O–H groups in total. The van der Waals surface area contributed by atoms with Gasteiger partial charge in [-0.1, -0.05) is 0 Å². The normalized spacial score (nSPS) is 17.8. The van der Waals surface area contributed by atoms with Gasteiger partial charge in [-0.05, 0) is 67.4 Å². The van der Waals surface area contributed by atoms with Crippen LogP contribution in [-0.2, 0) is 9.53 Å². The van der Waals surface area contributed by atoms with Crippen LogP contribution in [0.15, 0.2) is 42.5 Å². The molecule has 0 spiro atoms. The van der Waals surface area contributed by atoms with Gasteiger partial charge >= 0.3 is 5.97 Å². The molecule has 2 unspecified atom stereocenters. The molecular formula is C25H26N2O5. The molecule has 0 aliphatic carbocycles. The number of nitrogens with zero attached hydrogens (tertiary/aromatic N) is 1. The largest absolute Gasteiger partial charge is 0.497 e. The number of rotatable bonds is 6. The molecular weight excluding hydrogens is 408 g/mol. The first-order chi connectivity index (χ1) is 15.4. The average molecular weight is 434 g/mol. The van der Waals surface area contributed by atoms with E-state index in [1.807, 2.05) is 44.2 Å². The Morgan fingerprint density at radius 3 is 2.53 bits per heavy atom. The lowest BCUT2D eigenvalue weighted by atomic mass is 9.92. The zero-order valence-electron chi connectivity index (χ0n) is 18.6. The van der Waals surface area contributed by atoms with Gasteiger partial charge in [0, 0.05) is 23.1 Å². The highest BCUT2D eigenvalue weighted by Gasteiger charge is 2.37. The van der Waals surface area contributed by atoms with E-state index < -0.39 is 12.0 Å². The zero-order chi connectivity index (χ0) is 22.8. The summed E-state index contributed by atoms with van der Waals surface area (Å²) in [5.74, 6) is 0.479. The number of cyclic esters (lactones) is 1. The van der Waals surface area contributed by atoms with Crippen LogP contribution < -0.4 is 14.8 Å².